The molecule has 1 fully saturated rings. The highest BCUT2D eigenvalue weighted by Crippen LogP contribution is 2.48. The molecule has 4 rings (SSSR count). The van der Waals surface area contributed by atoms with E-state index in [-0.39, 0.29) is 46.0 Å². The molecule has 2 N–H and O–H groups in total. The third-order valence-electron chi connectivity index (χ3n) is 5.81. The van der Waals surface area contributed by atoms with Gasteiger partial charge in [0, 0.05) is 18.8 Å². The van der Waals surface area contributed by atoms with Crippen molar-refractivity contribution in [2.75, 3.05) is 20.8 Å². The fourth-order valence-corrected chi connectivity index (χ4v) is 6.09. The van der Waals surface area contributed by atoms with Gasteiger partial charge in [-0.05, 0) is 29.8 Å². The van der Waals surface area contributed by atoms with Gasteiger partial charge in [0.25, 0.3) is 0 Å². The largest absolute Gasteiger partial charge is 0.499 e. The standard InChI is InChI=1S/C22H22ClFN4O5S/c1-12-19(13(2)31-4)32-11-22(20(12)34(29,30)28(3)21(25)27-22)15-9-14(5-6-17(15)24)33-18-10-26-8-7-16(18)23/h5-10,19-20H,1-2,11H2,3-4H3,(H2,25,27)/t19-,20-,22-/m1/s1. The topological polar surface area (TPSA) is 116 Å². The second-order valence-electron chi connectivity index (χ2n) is 7.77. The fourth-order valence-electron chi connectivity index (χ4n) is 4.08. The summed E-state index contributed by atoms with van der Waals surface area (Å²) in [6.45, 7) is 7.36. The molecule has 3 heterocycles. The molecule has 9 nitrogen and oxygen atoms in total. The Labute approximate surface area is 201 Å². The van der Waals surface area contributed by atoms with E-state index in [1.54, 1.807) is 0 Å². The maximum atomic E-state index is 15.3. The first-order valence-corrected chi connectivity index (χ1v) is 11.8. The highest BCUT2D eigenvalue weighted by Gasteiger charge is 2.60. The van der Waals surface area contributed by atoms with Crippen LogP contribution < -0.4 is 10.5 Å². The number of benzene rings is 1. The van der Waals surface area contributed by atoms with Crippen molar-refractivity contribution in [2.45, 2.75) is 16.9 Å². The maximum absolute atomic E-state index is 15.3. The number of aromatic nitrogens is 1. The molecule has 1 aromatic heterocycles. The van der Waals surface area contributed by atoms with E-state index in [4.69, 9.17) is 31.5 Å². The van der Waals surface area contributed by atoms with Crippen LogP contribution >= 0.6 is 11.6 Å². The van der Waals surface area contributed by atoms with E-state index < -0.39 is 32.7 Å². The second-order valence-corrected chi connectivity index (χ2v) is 10.2. The minimum atomic E-state index is -4.17. The van der Waals surface area contributed by atoms with Crippen molar-refractivity contribution >= 4 is 27.6 Å². The van der Waals surface area contributed by atoms with Crippen LogP contribution in [0.25, 0.3) is 0 Å². The lowest BCUT2D eigenvalue weighted by Gasteiger charge is -2.48. The van der Waals surface area contributed by atoms with Gasteiger partial charge in [0.2, 0.25) is 16.0 Å². The number of hydrogen-bond acceptors (Lipinski definition) is 8. The second kappa shape index (κ2) is 8.57. The van der Waals surface area contributed by atoms with Crippen LogP contribution in [0.15, 0.2) is 66.1 Å². The third-order valence-corrected chi connectivity index (χ3v) is 8.37. The number of methoxy groups -OCH3 is 1. The Morgan fingerprint density at radius 3 is 2.82 bits per heavy atom. The number of fused-ring (bicyclic) bond motifs is 1. The molecule has 0 saturated carbocycles. The van der Waals surface area contributed by atoms with Gasteiger partial charge in [-0.2, -0.15) is 0 Å². The molecule has 2 aliphatic rings. The molecule has 12 heteroatoms. The smallest absolute Gasteiger partial charge is 0.246 e. The molecule has 3 atom stereocenters. The van der Waals surface area contributed by atoms with Crippen molar-refractivity contribution in [1.82, 2.24) is 9.29 Å². The summed E-state index contributed by atoms with van der Waals surface area (Å²) >= 11 is 6.14. The monoisotopic (exact) mass is 508 g/mol. The molecule has 1 aromatic carbocycles. The first kappa shape index (κ1) is 24.0. The van der Waals surface area contributed by atoms with E-state index in [0.717, 1.165) is 10.4 Å². The van der Waals surface area contributed by atoms with Crippen LogP contribution in [0.3, 0.4) is 0 Å². The van der Waals surface area contributed by atoms with Crippen molar-refractivity contribution in [1.29, 1.82) is 0 Å². The summed E-state index contributed by atoms with van der Waals surface area (Å²) in [5.74, 6) is -0.485. The van der Waals surface area contributed by atoms with Crippen molar-refractivity contribution in [3.63, 3.8) is 0 Å². The van der Waals surface area contributed by atoms with Crippen LogP contribution in [-0.4, -0.2) is 55.8 Å². The van der Waals surface area contributed by atoms with Crippen LogP contribution in [0.4, 0.5) is 4.39 Å². The molecule has 2 aromatic rings. The van der Waals surface area contributed by atoms with E-state index in [9.17, 15) is 8.42 Å². The number of aliphatic imine (C=N–C) groups is 1. The zero-order valence-electron chi connectivity index (χ0n) is 18.4. The molecule has 1 saturated heterocycles. The molecule has 0 amide bonds. The van der Waals surface area contributed by atoms with Crippen molar-refractivity contribution in [2.24, 2.45) is 10.7 Å². The Bertz CT molecular complexity index is 1320. The van der Waals surface area contributed by atoms with Gasteiger partial charge in [0.05, 0.1) is 24.9 Å². The SMILES string of the molecule is C=C(OC)[C@@H]1OC[C@]2(c3cc(Oc4cnccc4Cl)ccc3F)N=C(N)N(C)S(=O)(=O)[C@@H]2C1=C. The Morgan fingerprint density at radius 1 is 1.41 bits per heavy atom. The lowest BCUT2D eigenvalue weighted by molar-refractivity contribution is 0.00118. The predicted molar refractivity (Wildman–Crippen MR) is 125 cm³/mol. The number of pyridine rings is 1. The van der Waals surface area contributed by atoms with Gasteiger partial charge in [-0.3, -0.25) is 4.98 Å². The molecule has 2 aliphatic heterocycles. The minimum absolute atomic E-state index is 0.0854. The summed E-state index contributed by atoms with van der Waals surface area (Å²) in [4.78, 5) is 8.39. The van der Waals surface area contributed by atoms with Crippen LogP contribution in [0.2, 0.25) is 5.02 Å². The average molecular weight is 509 g/mol. The number of nitrogens with two attached hydrogens (primary N) is 1. The van der Waals surface area contributed by atoms with Crippen molar-refractivity contribution < 1.29 is 27.0 Å². The summed E-state index contributed by atoms with van der Waals surface area (Å²) in [7, 11) is -1.53. The normalized spacial score (nSPS) is 25.8. The molecule has 180 valence electrons. The summed E-state index contributed by atoms with van der Waals surface area (Å²) in [5.41, 5.74) is 4.18. The number of sulfonamides is 1. The highest BCUT2D eigenvalue weighted by atomic mass is 35.5. The summed E-state index contributed by atoms with van der Waals surface area (Å²) < 4.78 is 60.0. The van der Waals surface area contributed by atoms with Gasteiger partial charge in [-0.1, -0.05) is 24.8 Å². The van der Waals surface area contributed by atoms with E-state index in [1.807, 2.05) is 0 Å². The average Bonchev–Trinajstić information content (AvgIpc) is 2.79. The van der Waals surface area contributed by atoms with Crippen LogP contribution in [0.5, 0.6) is 11.5 Å². The summed E-state index contributed by atoms with van der Waals surface area (Å²) in [6, 6.07) is 5.39. The number of hydrogen-bond donors (Lipinski definition) is 1. The van der Waals surface area contributed by atoms with Crippen LogP contribution in [0, 0.1) is 5.82 Å². The van der Waals surface area contributed by atoms with E-state index in [2.05, 4.69) is 23.1 Å². The summed E-state index contributed by atoms with van der Waals surface area (Å²) in [6.07, 6.45) is 1.94. The van der Waals surface area contributed by atoms with E-state index >= 15 is 4.39 Å². The Morgan fingerprint density at radius 2 is 2.15 bits per heavy atom. The zero-order valence-corrected chi connectivity index (χ0v) is 19.9. The molecular formula is C22H22ClFN4O5S. The molecule has 0 bridgehead atoms. The minimum Gasteiger partial charge on any atom is -0.499 e. The number of rotatable bonds is 5. The lowest BCUT2D eigenvalue weighted by Crippen LogP contribution is -2.63. The van der Waals surface area contributed by atoms with Gasteiger partial charge >= 0.3 is 0 Å². The quantitative estimate of drug-likeness (QED) is 0.487. The first-order valence-electron chi connectivity index (χ1n) is 9.96. The van der Waals surface area contributed by atoms with Gasteiger partial charge in [-0.15, -0.1) is 0 Å². The molecule has 0 spiro atoms. The molecule has 0 unspecified atom stereocenters. The van der Waals surface area contributed by atoms with Gasteiger partial charge in [0.15, 0.2) is 5.75 Å². The number of nitrogens with zero attached hydrogens (tertiary/aromatic N) is 3. The van der Waals surface area contributed by atoms with Gasteiger partial charge < -0.3 is 19.9 Å². The van der Waals surface area contributed by atoms with Crippen molar-refractivity contribution in [3.8, 4) is 11.5 Å². The Hall–Kier alpha value is -3.15. The van der Waals surface area contributed by atoms with E-state index in [0.29, 0.717) is 0 Å². The molecule has 34 heavy (non-hydrogen) atoms. The van der Waals surface area contributed by atoms with Crippen molar-refractivity contribution in [3.05, 3.63) is 77.6 Å². The number of halogens is 2. The zero-order chi connectivity index (χ0) is 24.8. The molecule has 0 aliphatic carbocycles. The Kier molecular flexibility index (Phi) is 6.05. The van der Waals surface area contributed by atoms with Gasteiger partial charge in [0.1, 0.15) is 34.2 Å². The Balaban J connectivity index is 1.89. The van der Waals surface area contributed by atoms with E-state index in [1.165, 1.54) is 44.8 Å². The fraction of sp³-hybridized carbons (Fsp3) is 0.273. The van der Waals surface area contributed by atoms with Crippen LogP contribution in [-0.2, 0) is 25.0 Å². The maximum Gasteiger partial charge on any atom is 0.246 e. The number of ether oxygens (including phenoxy) is 3. The third kappa shape index (κ3) is 3.69. The predicted octanol–water partition coefficient (Wildman–Crippen LogP) is 2.94. The molecular weight excluding hydrogens is 487 g/mol. The lowest BCUT2D eigenvalue weighted by atomic mass is 9.80. The number of guanidine groups is 1. The first-order chi connectivity index (χ1) is 16.0. The molecule has 0 radical (unpaired) electrons. The highest BCUT2D eigenvalue weighted by molar-refractivity contribution is 7.90. The van der Waals surface area contributed by atoms with Crippen LogP contribution in [0.1, 0.15) is 5.56 Å². The summed E-state index contributed by atoms with van der Waals surface area (Å²) in [5, 5.41) is -1.13. The van der Waals surface area contributed by atoms with Gasteiger partial charge in [-0.25, -0.2) is 22.1 Å².